The van der Waals surface area contributed by atoms with Crippen LogP contribution in [0.5, 0.6) is 0 Å². The van der Waals surface area contributed by atoms with Gasteiger partial charge in [0.05, 0.1) is 4.90 Å². The molecule has 1 saturated heterocycles. The Morgan fingerprint density at radius 2 is 1.51 bits per heavy atom. The molecule has 0 bridgehead atoms. The summed E-state index contributed by atoms with van der Waals surface area (Å²) in [7, 11) is -2.08. The van der Waals surface area contributed by atoms with Gasteiger partial charge in [-0.25, -0.2) is 12.8 Å². The van der Waals surface area contributed by atoms with E-state index in [1.54, 1.807) is 53.4 Å². The minimum atomic E-state index is -4.10. The maximum atomic E-state index is 13.3. The van der Waals surface area contributed by atoms with Crippen molar-refractivity contribution in [3.8, 4) is 0 Å². The Bertz CT molecular complexity index is 1330. The van der Waals surface area contributed by atoms with Crippen molar-refractivity contribution in [1.82, 2.24) is 14.5 Å². The minimum Gasteiger partial charge on any atom is -0.336 e. The number of hydrogen-bond donors (Lipinski definition) is 2. The first-order chi connectivity index (χ1) is 17.7. The Kier molecular flexibility index (Phi) is 8.32. The molecular weight excluding hydrogens is 495 g/mol. The van der Waals surface area contributed by atoms with Gasteiger partial charge in [-0.15, -0.1) is 0 Å². The van der Waals surface area contributed by atoms with E-state index in [4.69, 9.17) is 0 Å². The van der Waals surface area contributed by atoms with E-state index in [1.807, 2.05) is 13.1 Å². The fourth-order valence-corrected chi connectivity index (χ4v) is 5.22. The maximum absolute atomic E-state index is 13.3. The summed E-state index contributed by atoms with van der Waals surface area (Å²) in [6.07, 6.45) is 0.104. The van der Waals surface area contributed by atoms with E-state index in [-0.39, 0.29) is 17.2 Å². The van der Waals surface area contributed by atoms with Crippen LogP contribution in [0.25, 0.3) is 0 Å². The molecule has 1 atom stereocenters. The van der Waals surface area contributed by atoms with E-state index in [2.05, 4.69) is 14.9 Å². The number of nitrogens with one attached hydrogen (secondary N) is 2. The average molecular weight is 525 g/mol. The zero-order chi connectivity index (χ0) is 26.4. The van der Waals surface area contributed by atoms with Gasteiger partial charge in [-0.1, -0.05) is 30.3 Å². The second kappa shape index (κ2) is 11.6. The first-order valence-electron chi connectivity index (χ1n) is 11.9. The number of carbonyl (C=O) groups is 2. The highest BCUT2D eigenvalue weighted by molar-refractivity contribution is 7.89. The van der Waals surface area contributed by atoms with Gasteiger partial charge in [-0.3, -0.25) is 9.59 Å². The number of hydrogen-bond acceptors (Lipinski definition) is 5. The summed E-state index contributed by atoms with van der Waals surface area (Å²) >= 11 is 0. The number of carbonyl (C=O) groups excluding carboxylic acids is 2. The third-order valence-corrected chi connectivity index (χ3v) is 7.70. The van der Waals surface area contributed by atoms with Crippen LogP contribution < -0.4 is 10.0 Å². The Balaban J connectivity index is 1.48. The molecule has 0 aliphatic carbocycles. The lowest BCUT2D eigenvalue weighted by Gasteiger charge is -2.32. The van der Waals surface area contributed by atoms with Gasteiger partial charge >= 0.3 is 0 Å². The molecule has 37 heavy (non-hydrogen) atoms. The molecule has 1 aliphatic heterocycles. The van der Waals surface area contributed by atoms with Gasteiger partial charge in [-0.2, -0.15) is 4.72 Å². The summed E-state index contributed by atoms with van der Waals surface area (Å²) in [6, 6.07) is 18.8. The van der Waals surface area contributed by atoms with Crippen LogP contribution in [0.2, 0.25) is 0 Å². The smallest absolute Gasteiger partial charge is 0.253 e. The molecule has 0 aromatic heterocycles. The number of anilines is 1. The van der Waals surface area contributed by atoms with Crippen LogP contribution in [0, 0.1) is 5.82 Å². The molecule has 0 radical (unpaired) electrons. The van der Waals surface area contributed by atoms with Crippen LogP contribution in [0.3, 0.4) is 0 Å². The summed E-state index contributed by atoms with van der Waals surface area (Å²) < 4.78 is 41.6. The van der Waals surface area contributed by atoms with Crippen molar-refractivity contribution in [2.24, 2.45) is 0 Å². The second-order valence-electron chi connectivity index (χ2n) is 8.98. The van der Waals surface area contributed by atoms with Crippen molar-refractivity contribution >= 4 is 27.5 Å². The number of likely N-dealkylation sites (N-methyl/N-ethyl adjacent to an activating group) is 1. The predicted molar refractivity (Wildman–Crippen MR) is 139 cm³/mol. The third kappa shape index (κ3) is 7.00. The summed E-state index contributed by atoms with van der Waals surface area (Å²) in [5, 5.41) is 2.74. The van der Waals surface area contributed by atoms with Gasteiger partial charge in [0.25, 0.3) is 5.91 Å². The molecule has 2 amide bonds. The maximum Gasteiger partial charge on any atom is 0.253 e. The third-order valence-electron chi connectivity index (χ3n) is 6.21. The molecule has 4 rings (SSSR count). The van der Waals surface area contributed by atoms with E-state index in [0.717, 1.165) is 42.9 Å². The quantitative estimate of drug-likeness (QED) is 0.472. The van der Waals surface area contributed by atoms with E-state index >= 15 is 0 Å². The van der Waals surface area contributed by atoms with E-state index < -0.39 is 27.8 Å². The molecule has 3 aromatic rings. The van der Waals surface area contributed by atoms with Crippen molar-refractivity contribution in [2.45, 2.75) is 17.4 Å². The van der Waals surface area contributed by atoms with Crippen LogP contribution in [0.15, 0.2) is 83.8 Å². The van der Waals surface area contributed by atoms with Crippen LogP contribution in [-0.2, 0) is 21.2 Å². The van der Waals surface area contributed by atoms with E-state index in [9.17, 15) is 22.4 Å². The topological polar surface area (TPSA) is 98.8 Å². The highest BCUT2D eigenvalue weighted by Gasteiger charge is 2.27. The highest BCUT2D eigenvalue weighted by Crippen LogP contribution is 2.16. The molecule has 3 aromatic carbocycles. The molecule has 1 heterocycles. The number of piperazine rings is 1. The first kappa shape index (κ1) is 26.5. The van der Waals surface area contributed by atoms with Gasteiger partial charge < -0.3 is 15.1 Å². The molecule has 0 spiro atoms. The highest BCUT2D eigenvalue weighted by atomic mass is 32.2. The molecule has 2 N–H and O–H groups in total. The SMILES string of the molecule is CN1CCN(C(=O)c2ccc(NC(=O)C(Cc3ccccc3)NS(=O)(=O)c3ccc(F)cc3)cc2)CC1. The van der Waals surface area contributed by atoms with Crippen LogP contribution in [0.1, 0.15) is 15.9 Å². The lowest BCUT2D eigenvalue weighted by atomic mass is 10.1. The normalized spacial score (nSPS) is 15.2. The Hall–Kier alpha value is -3.60. The molecule has 0 saturated carbocycles. The van der Waals surface area contributed by atoms with Crippen molar-refractivity contribution in [2.75, 3.05) is 38.5 Å². The lowest BCUT2D eigenvalue weighted by molar-refractivity contribution is -0.117. The van der Waals surface area contributed by atoms with Crippen molar-refractivity contribution in [1.29, 1.82) is 0 Å². The summed E-state index contributed by atoms with van der Waals surface area (Å²) in [4.78, 5) is 29.8. The van der Waals surface area contributed by atoms with E-state index in [1.165, 1.54) is 0 Å². The predicted octanol–water partition coefficient (Wildman–Crippen LogP) is 2.74. The Morgan fingerprint density at radius 1 is 0.892 bits per heavy atom. The zero-order valence-electron chi connectivity index (χ0n) is 20.4. The Morgan fingerprint density at radius 3 is 2.14 bits per heavy atom. The molecule has 10 heteroatoms. The Labute approximate surface area is 216 Å². The monoisotopic (exact) mass is 524 g/mol. The molecular formula is C27H29FN4O4S. The number of benzene rings is 3. The molecule has 8 nitrogen and oxygen atoms in total. The van der Waals surface area contributed by atoms with Gasteiger partial charge in [0, 0.05) is 37.4 Å². The average Bonchev–Trinajstić information content (AvgIpc) is 2.89. The largest absolute Gasteiger partial charge is 0.336 e. The van der Waals surface area contributed by atoms with Crippen LogP contribution in [-0.4, -0.2) is 69.3 Å². The van der Waals surface area contributed by atoms with Crippen molar-refractivity contribution in [3.05, 3.63) is 95.8 Å². The van der Waals surface area contributed by atoms with E-state index in [0.29, 0.717) is 24.3 Å². The number of amides is 2. The van der Waals surface area contributed by atoms with Gasteiger partial charge in [0.2, 0.25) is 15.9 Å². The molecule has 1 unspecified atom stereocenters. The summed E-state index contributed by atoms with van der Waals surface area (Å²) in [5.41, 5.74) is 1.71. The van der Waals surface area contributed by atoms with Crippen LogP contribution >= 0.6 is 0 Å². The summed E-state index contributed by atoms with van der Waals surface area (Å²) in [6.45, 7) is 2.94. The van der Waals surface area contributed by atoms with Gasteiger partial charge in [-0.05, 0) is 67.6 Å². The number of halogens is 1. The molecule has 1 aliphatic rings. The molecule has 194 valence electrons. The summed E-state index contributed by atoms with van der Waals surface area (Å²) in [5.74, 6) is -1.19. The minimum absolute atomic E-state index is 0.0695. The van der Waals surface area contributed by atoms with Crippen molar-refractivity contribution in [3.63, 3.8) is 0 Å². The number of rotatable bonds is 8. The zero-order valence-corrected chi connectivity index (χ0v) is 21.2. The van der Waals surface area contributed by atoms with Gasteiger partial charge in [0.1, 0.15) is 11.9 Å². The van der Waals surface area contributed by atoms with Crippen LogP contribution in [0.4, 0.5) is 10.1 Å². The fraction of sp³-hybridized carbons (Fsp3) is 0.259. The van der Waals surface area contributed by atoms with Crippen molar-refractivity contribution < 1.29 is 22.4 Å². The number of nitrogens with zero attached hydrogens (tertiary/aromatic N) is 2. The van der Waals surface area contributed by atoms with Gasteiger partial charge in [0.15, 0.2) is 0 Å². The molecule has 1 fully saturated rings. The fourth-order valence-electron chi connectivity index (χ4n) is 4.02. The standard InChI is InChI=1S/C27H29FN4O4S/c1-31-15-17-32(18-16-31)27(34)21-7-11-23(12-8-21)29-26(33)25(19-20-5-3-2-4-6-20)30-37(35,36)24-13-9-22(28)10-14-24/h2-14,25,30H,15-19H2,1H3,(H,29,33). The first-order valence-corrected chi connectivity index (χ1v) is 13.4. The second-order valence-corrected chi connectivity index (χ2v) is 10.7. The number of sulfonamides is 1. The lowest BCUT2D eigenvalue weighted by Crippen LogP contribution is -2.47.